The van der Waals surface area contributed by atoms with Crippen molar-refractivity contribution in [2.24, 2.45) is 0 Å². The molecular weight excluding hydrogens is 645 g/mol. The maximum Gasteiger partial charge on any atom is 0.437 e. The van der Waals surface area contributed by atoms with Crippen LogP contribution in [0, 0.1) is 18.3 Å². The molecule has 0 bridgehead atoms. The lowest BCUT2D eigenvalue weighted by Gasteiger charge is -2.36. The van der Waals surface area contributed by atoms with E-state index in [2.05, 4.69) is 59.8 Å². The van der Waals surface area contributed by atoms with Gasteiger partial charge in [-0.25, -0.2) is 4.98 Å². The standard InChI is InChI=1S/C27H29BrClF3N4O4Si/c1-16-17(12-33)9-18(28)10-21(16)40-23-24(27(30,31)32)35-15-36(25(23)37)14-19-11-20(29)22(13-34-19)38-7-8-39-41(5,6)26(2,3)4/h9-11,13,15H,7-8,14H2,1-6H3. The third-order valence-corrected chi connectivity index (χ3v) is 12.0. The first-order valence-corrected chi connectivity index (χ1v) is 16.5. The molecule has 0 aliphatic carbocycles. The molecule has 3 aromatic rings. The number of pyridine rings is 1. The number of rotatable bonds is 9. The summed E-state index contributed by atoms with van der Waals surface area (Å²) in [5.41, 5.74) is -1.88. The van der Waals surface area contributed by atoms with Gasteiger partial charge in [-0.15, -0.1) is 0 Å². The van der Waals surface area contributed by atoms with E-state index in [1.165, 1.54) is 31.3 Å². The molecule has 0 radical (unpaired) electrons. The molecule has 0 amide bonds. The summed E-state index contributed by atoms with van der Waals surface area (Å²) < 4.78 is 59.8. The minimum absolute atomic E-state index is 0.0559. The maximum absolute atomic E-state index is 13.8. The Kier molecular flexibility index (Phi) is 9.95. The van der Waals surface area contributed by atoms with E-state index in [9.17, 15) is 23.2 Å². The van der Waals surface area contributed by atoms with Crippen LogP contribution in [0.1, 0.15) is 43.3 Å². The minimum atomic E-state index is -4.97. The Bertz CT molecular complexity index is 1540. The van der Waals surface area contributed by atoms with Gasteiger partial charge in [0.1, 0.15) is 12.4 Å². The first kappa shape index (κ1) is 32.6. The number of ether oxygens (including phenoxy) is 2. The van der Waals surface area contributed by atoms with Gasteiger partial charge in [-0.2, -0.15) is 18.4 Å². The topological polar surface area (TPSA) is 99.3 Å². The normalized spacial score (nSPS) is 12.2. The van der Waals surface area contributed by atoms with Crippen molar-refractivity contribution in [1.82, 2.24) is 14.5 Å². The van der Waals surface area contributed by atoms with Crippen LogP contribution in [0.4, 0.5) is 13.2 Å². The van der Waals surface area contributed by atoms with Crippen molar-refractivity contribution in [3.05, 3.63) is 73.1 Å². The van der Waals surface area contributed by atoms with E-state index in [1.54, 1.807) is 0 Å². The van der Waals surface area contributed by atoms with Crippen LogP contribution in [0.25, 0.3) is 0 Å². The molecule has 2 aromatic heterocycles. The third-order valence-electron chi connectivity index (χ3n) is 6.74. The van der Waals surface area contributed by atoms with E-state index in [1.807, 2.05) is 6.07 Å². The van der Waals surface area contributed by atoms with Crippen molar-refractivity contribution in [2.45, 2.75) is 58.5 Å². The second kappa shape index (κ2) is 12.5. The molecule has 0 saturated carbocycles. The maximum atomic E-state index is 13.8. The monoisotopic (exact) mass is 672 g/mol. The summed E-state index contributed by atoms with van der Waals surface area (Å²) in [4.78, 5) is 20.9. The molecule has 220 valence electrons. The smallest absolute Gasteiger partial charge is 0.437 e. The Balaban J connectivity index is 1.84. The molecule has 3 rings (SSSR count). The zero-order valence-corrected chi connectivity index (χ0v) is 26.7. The summed E-state index contributed by atoms with van der Waals surface area (Å²) >= 11 is 9.55. The lowest BCUT2D eigenvalue weighted by atomic mass is 10.1. The van der Waals surface area contributed by atoms with Crippen LogP contribution in [0.15, 0.2) is 40.0 Å². The van der Waals surface area contributed by atoms with Crippen LogP contribution in [0.3, 0.4) is 0 Å². The SMILES string of the molecule is Cc1c(C#N)cc(Br)cc1Oc1c(C(F)(F)F)ncn(Cc2cc(Cl)c(OCCO[Si](C)(C)C(C)(C)C)cn2)c1=O. The first-order chi connectivity index (χ1) is 18.9. The lowest BCUT2D eigenvalue weighted by molar-refractivity contribution is -0.142. The number of hydrogen-bond acceptors (Lipinski definition) is 7. The van der Waals surface area contributed by atoms with E-state index in [0.29, 0.717) is 16.8 Å². The van der Waals surface area contributed by atoms with Gasteiger partial charge < -0.3 is 13.9 Å². The molecule has 0 N–H and O–H groups in total. The Hall–Kier alpha value is -2.92. The Morgan fingerprint density at radius 2 is 1.80 bits per heavy atom. The second-order valence-electron chi connectivity index (χ2n) is 10.7. The van der Waals surface area contributed by atoms with E-state index in [4.69, 9.17) is 25.5 Å². The van der Waals surface area contributed by atoms with Crippen LogP contribution < -0.4 is 15.0 Å². The molecule has 1 aromatic carbocycles. The van der Waals surface area contributed by atoms with E-state index < -0.39 is 31.5 Å². The van der Waals surface area contributed by atoms with Gasteiger partial charge in [-0.3, -0.25) is 14.3 Å². The molecule has 0 spiro atoms. The van der Waals surface area contributed by atoms with Crippen molar-refractivity contribution >= 4 is 35.8 Å². The van der Waals surface area contributed by atoms with Gasteiger partial charge in [0, 0.05) is 10.0 Å². The van der Waals surface area contributed by atoms with Crippen LogP contribution in [-0.4, -0.2) is 36.1 Å². The number of nitrogens with zero attached hydrogens (tertiary/aromatic N) is 4. The second-order valence-corrected chi connectivity index (χ2v) is 16.8. The number of benzene rings is 1. The number of nitriles is 1. The van der Waals surface area contributed by atoms with Crippen molar-refractivity contribution in [3.63, 3.8) is 0 Å². The van der Waals surface area contributed by atoms with Gasteiger partial charge in [0.2, 0.25) is 5.75 Å². The average Bonchev–Trinajstić information content (AvgIpc) is 2.85. The summed E-state index contributed by atoms with van der Waals surface area (Å²) in [6, 6.07) is 6.24. The minimum Gasteiger partial charge on any atom is -0.488 e. The fourth-order valence-electron chi connectivity index (χ4n) is 3.35. The van der Waals surface area contributed by atoms with Gasteiger partial charge in [-0.1, -0.05) is 48.3 Å². The number of aromatic nitrogens is 3. The Morgan fingerprint density at radius 1 is 1.12 bits per heavy atom. The van der Waals surface area contributed by atoms with Crippen LogP contribution >= 0.6 is 27.5 Å². The molecule has 8 nitrogen and oxygen atoms in total. The summed E-state index contributed by atoms with van der Waals surface area (Å²) in [7, 11) is -1.94. The fourth-order valence-corrected chi connectivity index (χ4v) is 5.05. The summed E-state index contributed by atoms with van der Waals surface area (Å²) in [5.74, 6) is -0.828. The van der Waals surface area contributed by atoms with Gasteiger partial charge in [0.25, 0.3) is 5.56 Å². The van der Waals surface area contributed by atoms with Gasteiger partial charge >= 0.3 is 6.18 Å². The molecule has 2 heterocycles. The van der Waals surface area contributed by atoms with Crippen molar-refractivity contribution in [1.29, 1.82) is 5.26 Å². The number of alkyl halides is 3. The largest absolute Gasteiger partial charge is 0.488 e. The number of hydrogen-bond donors (Lipinski definition) is 0. The highest BCUT2D eigenvalue weighted by Crippen LogP contribution is 2.38. The number of halogens is 5. The quantitative estimate of drug-likeness (QED) is 0.171. The van der Waals surface area contributed by atoms with Gasteiger partial charge in [0.05, 0.1) is 48.0 Å². The first-order valence-electron chi connectivity index (χ1n) is 12.4. The van der Waals surface area contributed by atoms with Crippen LogP contribution in [0.5, 0.6) is 17.2 Å². The predicted molar refractivity (Wildman–Crippen MR) is 154 cm³/mol. The third kappa shape index (κ3) is 7.88. The molecular formula is C27H29BrClF3N4O4Si. The van der Waals surface area contributed by atoms with E-state index in [-0.39, 0.29) is 45.8 Å². The highest BCUT2D eigenvalue weighted by atomic mass is 79.9. The predicted octanol–water partition coefficient (Wildman–Crippen LogP) is 7.49. The fraction of sp³-hybridized carbons (Fsp3) is 0.407. The zero-order valence-electron chi connectivity index (χ0n) is 23.3. The highest BCUT2D eigenvalue weighted by Gasteiger charge is 2.39. The van der Waals surface area contributed by atoms with Gasteiger partial charge in [0.15, 0.2) is 19.8 Å². The molecule has 0 saturated heterocycles. The van der Waals surface area contributed by atoms with Crippen LogP contribution in [-0.2, 0) is 17.1 Å². The van der Waals surface area contributed by atoms with Crippen molar-refractivity contribution in [2.75, 3.05) is 13.2 Å². The average molecular weight is 674 g/mol. The molecule has 0 aliphatic heterocycles. The highest BCUT2D eigenvalue weighted by molar-refractivity contribution is 9.10. The molecule has 0 fully saturated rings. The van der Waals surface area contributed by atoms with E-state index in [0.717, 1.165) is 10.9 Å². The summed E-state index contributed by atoms with van der Waals surface area (Å²) in [5, 5.41) is 9.59. The van der Waals surface area contributed by atoms with Crippen LogP contribution in [0.2, 0.25) is 23.2 Å². The molecule has 0 aliphatic rings. The molecule has 0 unspecified atom stereocenters. The lowest BCUT2D eigenvalue weighted by Crippen LogP contribution is -2.41. The summed E-state index contributed by atoms with van der Waals surface area (Å²) in [6.07, 6.45) is -2.83. The molecule has 41 heavy (non-hydrogen) atoms. The van der Waals surface area contributed by atoms with Crippen molar-refractivity contribution < 1.29 is 27.1 Å². The summed E-state index contributed by atoms with van der Waals surface area (Å²) in [6.45, 7) is 12.6. The zero-order chi connectivity index (χ0) is 30.8. The molecule has 14 heteroatoms. The van der Waals surface area contributed by atoms with Crippen molar-refractivity contribution in [3.8, 4) is 23.3 Å². The molecule has 0 atom stereocenters. The van der Waals surface area contributed by atoms with Gasteiger partial charge in [-0.05, 0) is 43.3 Å². The Morgan fingerprint density at radius 3 is 2.39 bits per heavy atom. The Labute approximate surface area is 250 Å². The van der Waals surface area contributed by atoms with E-state index >= 15 is 0 Å².